The molecular formula is C12H12N4OS. The van der Waals surface area contributed by atoms with Crippen molar-refractivity contribution in [3.8, 4) is 0 Å². The molecule has 1 amide bonds. The van der Waals surface area contributed by atoms with Gasteiger partial charge in [0, 0.05) is 12.6 Å². The summed E-state index contributed by atoms with van der Waals surface area (Å²) in [7, 11) is 1.71. The molecule has 0 aliphatic carbocycles. The number of carbonyl (C=O) groups is 1. The number of nitrogens with two attached hydrogens (primary N) is 1. The lowest BCUT2D eigenvalue weighted by molar-refractivity contribution is 0.102. The fourth-order valence-electron chi connectivity index (χ4n) is 1.54. The summed E-state index contributed by atoms with van der Waals surface area (Å²) in [6.45, 7) is 0. The first-order chi connectivity index (χ1) is 8.59. The van der Waals surface area contributed by atoms with Gasteiger partial charge in [-0.15, -0.1) is 0 Å². The Balaban J connectivity index is 2.27. The van der Waals surface area contributed by atoms with Crippen LogP contribution in [-0.2, 0) is 7.05 Å². The van der Waals surface area contributed by atoms with Gasteiger partial charge in [0.25, 0.3) is 5.91 Å². The number of benzene rings is 1. The second-order valence-corrected chi connectivity index (χ2v) is 4.15. The van der Waals surface area contributed by atoms with E-state index in [-0.39, 0.29) is 10.9 Å². The average Bonchev–Trinajstić information content (AvgIpc) is 2.72. The summed E-state index contributed by atoms with van der Waals surface area (Å²) in [5, 5.41) is 6.77. The van der Waals surface area contributed by atoms with E-state index in [0.717, 1.165) is 0 Å². The lowest BCUT2D eigenvalue weighted by atomic mass is 10.2. The first-order valence-corrected chi connectivity index (χ1v) is 5.68. The number of nitrogens with zero attached hydrogens (tertiary/aromatic N) is 2. The Morgan fingerprint density at radius 3 is 2.67 bits per heavy atom. The number of aryl methyl sites for hydroxylation is 1. The van der Waals surface area contributed by atoms with E-state index in [4.69, 9.17) is 18.0 Å². The van der Waals surface area contributed by atoms with Gasteiger partial charge in [0.2, 0.25) is 0 Å². The monoisotopic (exact) mass is 260 g/mol. The number of nitrogens with one attached hydrogen (secondary N) is 1. The van der Waals surface area contributed by atoms with Gasteiger partial charge < -0.3 is 11.1 Å². The second-order valence-electron chi connectivity index (χ2n) is 3.71. The van der Waals surface area contributed by atoms with Gasteiger partial charge in [-0.25, -0.2) is 0 Å². The van der Waals surface area contributed by atoms with Crippen LogP contribution in [0.2, 0.25) is 0 Å². The molecule has 18 heavy (non-hydrogen) atoms. The minimum atomic E-state index is -0.225. The molecule has 1 heterocycles. The van der Waals surface area contributed by atoms with E-state index in [2.05, 4.69) is 10.4 Å². The van der Waals surface area contributed by atoms with Crippen molar-refractivity contribution in [2.45, 2.75) is 0 Å². The molecule has 6 heteroatoms. The number of hydrogen-bond donors (Lipinski definition) is 2. The van der Waals surface area contributed by atoms with Gasteiger partial charge in [-0.3, -0.25) is 9.48 Å². The van der Waals surface area contributed by atoms with Crippen LogP contribution in [0.4, 0.5) is 5.82 Å². The van der Waals surface area contributed by atoms with Crippen molar-refractivity contribution in [2.24, 2.45) is 12.8 Å². The Bertz CT molecular complexity index is 591. The third-order valence-electron chi connectivity index (χ3n) is 2.47. The molecule has 1 aromatic heterocycles. The number of aromatic nitrogens is 2. The van der Waals surface area contributed by atoms with Crippen LogP contribution in [0.25, 0.3) is 0 Å². The zero-order chi connectivity index (χ0) is 13.1. The number of carbonyl (C=O) groups excluding carboxylic acids is 1. The van der Waals surface area contributed by atoms with E-state index < -0.39 is 0 Å². The van der Waals surface area contributed by atoms with Gasteiger partial charge >= 0.3 is 0 Å². The molecule has 0 bridgehead atoms. The summed E-state index contributed by atoms with van der Waals surface area (Å²) >= 11 is 4.91. The number of thiocarbonyl (C=S) groups is 1. The Labute approximate surface area is 110 Å². The molecule has 0 aliphatic rings. The van der Waals surface area contributed by atoms with Crippen LogP contribution >= 0.6 is 12.2 Å². The SMILES string of the molecule is Cn1ncc(C(N)=S)c1NC(=O)c1ccccc1. The van der Waals surface area contributed by atoms with Gasteiger partial charge in [0.15, 0.2) is 0 Å². The first kappa shape index (κ1) is 12.3. The number of anilines is 1. The van der Waals surface area contributed by atoms with Crippen LogP contribution < -0.4 is 11.1 Å². The van der Waals surface area contributed by atoms with E-state index in [1.165, 1.54) is 10.9 Å². The van der Waals surface area contributed by atoms with E-state index in [1.54, 1.807) is 31.3 Å². The first-order valence-electron chi connectivity index (χ1n) is 5.28. The molecule has 0 atom stereocenters. The molecule has 2 aromatic rings. The number of amides is 1. The molecule has 92 valence electrons. The van der Waals surface area contributed by atoms with E-state index in [9.17, 15) is 4.79 Å². The lowest BCUT2D eigenvalue weighted by Gasteiger charge is -2.07. The highest BCUT2D eigenvalue weighted by molar-refractivity contribution is 7.80. The minimum absolute atomic E-state index is 0.200. The Morgan fingerprint density at radius 1 is 1.39 bits per heavy atom. The van der Waals surface area contributed by atoms with Crippen molar-refractivity contribution in [3.63, 3.8) is 0 Å². The van der Waals surface area contributed by atoms with E-state index in [1.807, 2.05) is 6.07 Å². The molecule has 0 unspecified atom stereocenters. The van der Waals surface area contributed by atoms with Gasteiger partial charge in [-0.1, -0.05) is 30.4 Å². The van der Waals surface area contributed by atoms with Gasteiger partial charge in [0.1, 0.15) is 10.8 Å². The predicted molar refractivity (Wildman–Crippen MR) is 73.5 cm³/mol. The molecule has 0 radical (unpaired) electrons. The van der Waals surface area contributed by atoms with Crippen molar-refractivity contribution >= 4 is 28.9 Å². The number of rotatable bonds is 3. The van der Waals surface area contributed by atoms with Crippen molar-refractivity contribution in [1.29, 1.82) is 0 Å². The fourth-order valence-corrected chi connectivity index (χ4v) is 1.68. The summed E-state index contributed by atoms with van der Waals surface area (Å²) in [5.41, 5.74) is 6.68. The molecule has 0 saturated heterocycles. The van der Waals surface area contributed by atoms with Crippen molar-refractivity contribution in [1.82, 2.24) is 9.78 Å². The average molecular weight is 260 g/mol. The molecule has 1 aromatic carbocycles. The number of hydrogen-bond acceptors (Lipinski definition) is 3. The summed E-state index contributed by atoms with van der Waals surface area (Å²) in [5.74, 6) is 0.271. The summed E-state index contributed by atoms with van der Waals surface area (Å²) in [4.78, 5) is 12.2. The van der Waals surface area contributed by atoms with Crippen LogP contribution in [-0.4, -0.2) is 20.7 Å². The van der Waals surface area contributed by atoms with Crippen molar-refractivity contribution < 1.29 is 4.79 Å². The standard InChI is InChI=1S/C12H12N4OS/c1-16-11(9(7-14-16)10(13)18)15-12(17)8-5-3-2-4-6-8/h2-7H,1H3,(H2,13,18)(H,15,17). The summed E-state index contributed by atoms with van der Waals surface area (Å²) in [6, 6.07) is 8.90. The van der Waals surface area contributed by atoms with Crippen LogP contribution in [0, 0.1) is 0 Å². The second kappa shape index (κ2) is 4.97. The Kier molecular flexibility index (Phi) is 3.38. The maximum Gasteiger partial charge on any atom is 0.256 e. The quantitative estimate of drug-likeness (QED) is 0.816. The molecule has 0 saturated carbocycles. The van der Waals surface area contributed by atoms with E-state index in [0.29, 0.717) is 16.9 Å². The van der Waals surface area contributed by atoms with E-state index >= 15 is 0 Å². The normalized spacial score (nSPS) is 10.1. The largest absolute Gasteiger partial charge is 0.389 e. The Hall–Kier alpha value is -2.21. The molecule has 5 nitrogen and oxygen atoms in total. The Morgan fingerprint density at radius 2 is 2.06 bits per heavy atom. The maximum atomic E-state index is 12.0. The van der Waals surface area contributed by atoms with Crippen LogP contribution in [0.5, 0.6) is 0 Å². The zero-order valence-corrected chi connectivity index (χ0v) is 10.6. The fraction of sp³-hybridized carbons (Fsp3) is 0.0833. The summed E-state index contributed by atoms with van der Waals surface area (Å²) in [6.07, 6.45) is 1.53. The molecular weight excluding hydrogens is 248 g/mol. The highest BCUT2D eigenvalue weighted by Crippen LogP contribution is 2.15. The van der Waals surface area contributed by atoms with Crippen LogP contribution in [0.15, 0.2) is 36.5 Å². The molecule has 2 rings (SSSR count). The molecule has 3 N–H and O–H groups in total. The van der Waals surface area contributed by atoms with Crippen molar-refractivity contribution in [3.05, 3.63) is 47.7 Å². The molecule has 0 fully saturated rings. The summed E-state index contributed by atoms with van der Waals surface area (Å²) < 4.78 is 1.52. The zero-order valence-electron chi connectivity index (χ0n) is 9.75. The minimum Gasteiger partial charge on any atom is -0.389 e. The van der Waals surface area contributed by atoms with Crippen LogP contribution in [0.3, 0.4) is 0 Å². The maximum absolute atomic E-state index is 12.0. The van der Waals surface area contributed by atoms with Gasteiger partial charge in [0.05, 0.1) is 11.8 Å². The van der Waals surface area contributed by atoms with Gasteiger partial charge in [-0.05, 0) is 12.1 Å². The lowest BCUT2D eigenvalue weighted by Crippen LogP contribution is -2.18. The van der Waals surface area contributed by atoms with Crippen LogP contribution in [0.1, 0.15) is 15.9 Å². The smallest absolute Gasteiger partial charge is 0.256 e. The highest BCUT2D eigenvalue weighted by Gasteiger charge is 2.14. The molecule has 0 spiro atoms. The molecule has 0 aliphatic heterocycles. The highest BCUT2D eigenvalue weighted by atomic mass is 32.1. The predicted octanol–water partition coefficient (Wildman–Crippen LogP) is 1.31. The van der Waals surface area contributed by atoms with Crippen molar-refractivity contribution in [2.75, 3.05) is 5.32 Å². The topological polar surface area (TPSA) is 72.9 Å². The third kappa shape index (κ3) is 2.38. The van der Waals surface area contributed by atoms with Gasteiger partial charge in [-0.2, -0.15) is 5.10 Å². The third-order valence-corrected chi connectivity index (χ3v) is 2.69.